The highest BCUT2D eigenvalue weighted by Gasteiger charge is 2.22. The molecular weight excluding hydrogens is 572 g/mol. The van der Waals surface area contributed by atoms with Gasteiger partial charge in [-0.3, -0.25) is 0 Å². The molecule has 2 aliphatic rings. The van der Waals surface area contributed by atoms with Gasteiger partial charge in [-0.1, -0.05) is 105 Å². The number of ether oxygens (including phenoxy) is 1. The Bertz CT molecular complexity index is 2510. The molecule has 5 heterocycles. The predicted molar refractivity (Wildman–Crippen MR) is 181 cm³/mol. The summed E-state index contributed by atoms with van der Waals surface area (Å²) in [5.41, 5.74) is 6.22. The van der Waals surface area contributed by atoms with Gasteiger partial charge in [-0.2, -0.15) is 0 Å². The summed E-state index contributed by atoms with van der Waals surface area (Å²) < 4.78 is 6.41. The Morgan fingerprint density at radius 2 is 0.957 bits per heavy atom. The summed E-state index contributed by atoms with van der Waals surface area (Å²) in [6, 6.07) is 30.2. The summed E-state index contributed by atoms with van der Waals surface area (Å²) in [5.74, 6) is 3.44. The highest BCUT2D eigenvalue weighted by Crippen LogP contribution is 2.38. The number of aromatic amines is 2. The molecule has 0 saturated carbocycles. The Morgan fingerprint density at radius 3 is 1.48 bits per heavy atom. The van der Waals surface area contributed by atoms with E-state index in [1.165, 1.54) is 0 Å². The standard InChI is InChI=1S/C37H28N8O/c1-3-20(2)19-46-28-18-10-17-27-29(28)37-44-35-26-16-9-8-15-25(26)33(42-35)40-31-22-12-5-4-11-21(22)30(38-31)39-32-23-13-6-7-14-24(23)34(41-32)43-36(27)45-37/h4-18,20H,3,19H2,1-2H3,(H2,38,39,40,41,42,43,44,45). The van der Waals surface area contributed by atoms with E-state index in [4.69, 9.17) is 34.6 Å². The molecular formula is C37H28N8O. The van der Waals surface area contributed by atoms with E-state index in [-0.39, 0.29) is 0 Å². The number of hydrogen-bond acceptors (Lipinski definition) is 7. The molecule has 2 N–H and O–H groups in total. The summed E-state index contributed by atoms with van der Waals surface area (Å²) in [6.07, 6.45) is 1.03. The fourth-order valence-electron chi connectivity index (χ4n) is 6.13. The van der Waals surface area contributed by atoms with Gasteiger partial charge in [0.15, 0.2) is 23.3 Å². The lowest BCUT2D eigenvalue weighted by Gasteiger charge is -2.11. The van der Waals surface area contributed by atoms with E-state index in [9.17, 15) is 0 Å². The number of rotatable bonds is 4. The van der Waals surface area contributed by atoms with Crippen molar-refractivity contribution in [2.24, 2.45) is 5.92 Å². The second-order valence-electron chi connectivity index (χ2n) is 11.7. The second-order valence-corrected chi connectivity index (χ2v) is 11.7. The Morgan fingerprint density at radius 1 is 0.522 bits per heavy atom. The average molecular weight is 601 g/mol. The van der Waals surface area contributed by atoms with Gasteiger partial charge in [0.25, 0.3) is 0 Å². The molecule has 0 fully saturated rings. The molecule has 0 amide bonds. The van der Waals surface area contributed by atoms with E-state index in [0.717, 1.165) is 56.0 Å². The lowest BCUT2D eigenvalue weighted by atomic mass is 10.1. The van der Waals surface area contributed by atoms with Gasteiger partial charge in [0.1, 0.15) is 28.3 Å². The summed E-state index contributed by atoms with van der Waals surface area (Å²) in [4.78, 5) is 37.3. The summed E-state index contributed by atoms with van der Waals surface area (Å²) in [5, 5.41) is 3.62. The van der Waals surface area contributed by atoms with Crippen molar-refractivity contribution in [3.8, 4) is 51.3 Å². The number of fused-ring (bicyclic) bond motifs is 20. The molecule has 8 bridgehead atoms. The lowest BCUT2D eigenvalue weighted by molar-refractivity contribution is 0.259. The van der Waals surface area contributed by atoms with Crippen LogP contribution >= 0.6 is 0 Å². The van der Waals surface area contributed by atoms with E-state index in [0.29, 0.717) is 58.4 Å². The minimum absolute atomic E-state index is 0.407. The van der Waals surface area contributed by atoms with Crippen molar-refractivity contribution >= 4 is 44.1 Å². The Kier molecular flexibility index (Phi) is 5.92. The number of H-pyrrole nitrogens is 2. The Hall–Kier alpha value is -5.96. The third-order valence-corrected chi connectivity index (χ3v) is 8.76. The van der Waals surface area contributed by atoms with Gasteiger partial charge in [0.2, 0.25) is 0 Å². The molecule has 9 nitrogen and oxygen atoms in total. The number of nitrogens with zero attached hydrogens (tertiary/aromatic N) is 6. The summed E-state index contributed by atoms with van der Waals surface area (Å²) in [7, 11) is 0. The predicted octanol–water partition coefficient (Wildman–Crippen LogP) is 8.29. The summed E-state index contributed by atoms with van der Waals surface area (Å²) in [6.45, 7) is 4.95. The first-order valence-electron chi connectivity index (χ1n) is 15.5. The van der Waals surface area contributed by atoms with Crippen molar-refractivity contribution in [1.29, 1.82) is 0 Å². The highest BCUT2D eigenvalue weighted by molar-refractivity contribution is 6.08. The largest absolute Gasteiger partial charge is 0.493 e. The van der Waals surface area contributed by atoms with Gasteiger partial charge in [0, 0.05) is 38.4 Å². The lowest BCUT2D eigenvalue weighted by Crippen LogP contribution is -2.07. The monoisotopic (exact) mass is 600 g/mol. The van der Waals surface area contributed by atoms with Crippen molar-refractivity contribution in [3.63, 3.8) is 0 Å². The van der Waals surface area contributed by atoms with Gasteiger partial charge in [-0.25, -0.2) is 29.9 Å². The number of nitrogens with one attached hydrogen (secondary N) is 2. The molecule has 0 spiro atoms. The van der Waals surface area contributed by atoms with Crippen molar-refractivity contribution in [3.05, 3.63) is 91.0 Å². The first-order chi connectivity index (χ1) is 22.6. The van der Waals surface area contributed by atoms with Crippen molar-refractivity contribution in [2.45, 2.75) is 20.3 Å². The molecule has 7 aromatic rings. The molecule has 4 aromatic carbocycles. The minimum Gasteiger partial charge on any atom is -0.493 e. The van der Waals surface area contributed by atoms with Gasteiger partial charge in [-0.15, -0.1) is 0 Å². The Balaban J connectivity index is 1.45. The SMILES string of the molecule is CCC(C)COc1cccc2c3nc4nc(nc5[nH]c(nc6nc(nc([nH]3)c12)-c1ccccc1-6)c1ccccc51)-c1ccccc1-4. The molecule has 0 aliphatic carbocycles. The maximum Gasteiger partial charge on any atom is 0.164 e. The molecule has 2 aliphatic heterocycles. The van der Waals surface area contributed by atoms with Gasteiger partial charge >= 0.3 is 0 Å². The average Bonchev–Trinajstić information content (AvgIpc) is 3.83. The number of benzene rings is 4. The zero-order chi connectivity index (χ0) is 30.8. The molecule has 9 heteroatoms. The minimum atomic E-state index is 0.407. The van der Waals surface area contributed by atoms with Gasteiger partial charge in [-0.05, 0) is 12.0 Å². The molecule has 1 atom stereocenters. The van der Waals surface area contributed by atoms with Crippen LogP contribution in [0.4, 0.5) is 0 Å². The zero-order valence-electron chi connectivity index (χ0n) is 25.2. The number of aromatic nitrogens is 8. The first-order valence-corrected chi connectivity index (χ1v) is 15.5. The third-order valence-electron chi connectivity index (χ3n) is 8.76. The normalized spacial score (nSPS) is 12.7. The van der Waals surface area contributed by atoms with E-state index < -0.39 is 0 Å². The Labute approximate surface area is 263 Å². The van der Waals surface area contributed by atoms with Crippen LogP contribution in [0.3, 0.4) is 0 Å². The molecule has 9 rings (SSSR count). The van der Waals surface area contributed by atoms with Crippen molar-refractivity contribution in [2.75, 3.05) is 6.61 Å². The smallest absolute Gasteiger partial charge is 0.164 e. The van der Waals surface area contributed by atoms with E-state index in [1.54, 1.807) is 0 Å². The molecule has 3 aromatic heterocycles. The molecule has 0 saturated heterocycles. The maximum atomic E-state index is 6.41. The third kappa shape index (κ3) is 4.16. The number of hydrogen-bond donors (Lipinski definition) is 2. The topological polar surface area (TPSA) is 118 Å². The van der Waals surface area contributed by atoms with Crippen LogP contribution in [-0.4, -0.2) is 46.5 Å². The van der Waals surface area contributed by atoms with Crippen molar-refractivity contribution in [1.82, 2.24) is 39.9 Å². The van der Waals surface area contributed by atoms with Crippen molar-refractivity contribution < 1.29 is 4.74 Å². The van der Waals surface area contributed by atoms with E-state index >= 15 is 0 Å². The van der Waals surface area contributed by atoms with E-state index in [1.807, 2.05) is 91.0 Å². The molecule has 1 unspecified atom stereocenters. The van der Waals surface area contributed by atoms with Crippen LogP contribution in [-0.2, 0) is 0 Å². The fourth-order valence-corrected chi connectivity index (χ4v) is 6.13. The van der Waals surface area contributed by atoms with Gasteiger partial charge in [0.05, 0.1) is 12.0 Å². The highest BCUT2D eigenvalue weighted by atomic mass is 16.5. The van der Waals surface area contributed by atoms with Crippen LogP contribution in [0.15, 0.2) is 91.0 Å². The second kappa shape index (κ2) is 10.3. The van der Waals surface area contributed by atoms with Crippen LogP contribution in [0.1, 0.15) is 20.3 Å². The van der Waals surface area contributed by atoms with Crippen LogP contribution in [0.5, 0.6) is 5.75 Å². The first kappa shape index (κ1) is 26.4. The summed E-state index contributed by atoms with van der Waals surface area (Å²) >= 11 is 0. The molecule has 222 valence electrons. The maximum absolute atomic E-state index is 6.41. The van der Waals surface area contributed by atoms with Crippen LogP contribution in [0.25, 0.3) is 89.7 Å². The zero-order valence-corrected chi connectivity index (χ0v) is 25.2. The van der Waals surface area contributed by atoms with Gasteiger partial charge < -0.3 is 14.7 Å². The molecule has 0 radical (unpaired) electrons. The quantitative estimate of drug-likeness (QED) is 0.209. The fraction of sp³-hybridized carbons (Fsp3) is 0.135. The van der Waals surface area contributed by atoms with Crippen LogP contribution < -0.4 is 4.74 Å². The van der Waals surface area contributed by atoms with Crippen LogP contribution in [0.2, 0.25) is 0 Å². The van der Waals surface area contributed by atoms with Crippen LogP contribution in [0, 0.1) is 5.92 Å². The molecule has 46 heavy (non-hydrogen) atoms. The van der Waals surface area contributed by atoms with E-state index in [2.05, 4.69) is 23.8 Å².